The van der Waals surface area contributed by atoms with Crippen LogP contribution in [0, 0.1) is 11.8 Å². The summed E-state index contributed by atoms with van der Waals surface area (Å²) in [5, 5.41) is 12.1. The van der Waals surface area contributed by atoms with Crippen molar-refractivity contribution in [1.82, 2.24) is 16.0 Å². The van der Waals surface area contributed by atoms with Gasteiger partial charge in [0.25, 0.3) is 10.1 Å². The molecule has 172 valence electrons. The molecule has 3 aromatic carbocycles. The number of rotatable bonds is 3. The SMILES string of the molecule is O=C1NC(=O)C2C(C(=O)N1)C21NC(Nc2cccc3c(S(=O)(=O)O)cccc23)c2ccccc21. The summed E-state index contributed by atoms with van der Waals surface area (Å²) in [6, 6.07) is 16.2. The van der Waals surface area contributed by atoms with Crippen LogP contribution in [0.15, 0.2) is 65.6 Å². The fourth-order valence-corrected chi connectivity index (χ4v) is 6.16. The average molecular weight is 478 g/mol. The molecule has 3 aliphatic rings. The summed E-state index contributed by atoms with van der Waals surface area (Å²) in [6.45, 7) is 0. The van der Waals surface area contributed by atoms with Gasteiger partial charge < -0.3 is 5.32 Å². The predicted molar refractivity (Wildman–Crippen MR) is 120 cm³/mol. The largest absolute Gasteiger partial charge is 0.365 e. The van der Waals surface area contributed by atoms with E-state index >= 15 is 0 Å². The predicted octanol–water partition coefficient (Wildman–Crippen LogP) is 1.61. The summed E-state index contributed by atoms with van der Waals surface area (Å²) >= 11 is 0. The van der Waals surface area contributed by atoms with Gasteiger partial charge in [-0.1, -0.05) is 48.5 Å². The number of urea groups is 1. The van der Waals surface area contributed by atoms with Gasteiger partial charge >= 0.3 is 6.03 Å². The smallest absolute Gasteiger partial charge is 0.328 e. The molecule has 34 heavy (non-hydrogen) atoms. The van der Waals surface area contributed by atoms with Crippen LogP contribution in [0.25, 0.3) is 10.8 Å². The van der Waals surface area contributed by atoms with E-state index < -0.39 is 51.5 Å². The van der Waals surface area contributed by atoms with Crippen molar-refractivity contribution in [3.8, 4) is 0 Å². The molecular weight excluding hydrogens is 460 g/mol. The van der Waals surface area contributed by atoms with Gasteiger partial charge in [0, 0.05) is 16.5 Å². The van der Waals surface area contributed by atoms with Gasteiger partial charge in [0.15, 0.2) is 0 Å². The van der Waals surface area contributed by atoms with Gasteiger partial charge in [0.1, 0.15) is 11.1 Å². The van der Waals surface area contributed by atoms with Crippen LogP contribution in [0.2, 0.25) is 0 Å². The molecule has 2 aliphatic heterocycles. The Kier molecular flexibility index (Phi) is 4.19. The molecule has 1 saturated carbocycles. The van der Waals surface area contributed by atoms with Crippen LogP contribution in [0.3, 0.4) is 0 Å². The first-order valence-electron chi connectivity index (χ1n) is 10.5. The van der Waals surface area contributed by atoms with E-state index in [0.29, 0.717) is 16.5 Å². The highest BCUT2D eigenvalue weighted by molar-refractivity contribution is 7.86. The van der Waals surface area contributed by atoms with Crippen molar-refractivity contribution in [2.75, 3.05) is 5.32 Å². The quantitative estimate of drug-likeness (QED) is 0.356. The van der Waals surface area contributed by atoms with E-state index in [2.05, 4.69) is 21.3 Å². The van der Waals surface area contributed by atoms with Crippen LogP contribution < -0.4 is 21.3 Å². The Labute approximate surface area is 193 Å². The summed E-state index contributed by atoms with van der Waals surface area (Å²) in [4.78, 5) is 36.9. The highest BCUT2D eigenvalue weighted by Crippen LogP contribution is 2.63. The van der Waals surface area contributed by atoms with Gasteiger partial charge in [0.05, 0.1) is 17.4 Å². The first-order valence-corrected chi connectivity index (χ1v) is 11.9. The lowest BCUT2D eigenvalue weighted by atomic mass is 9.99. The normalized spacial score (nSPS) is 27.6. The third-order valence-electron chi connectivity index (χ3n) is 6.80. The van der Waals surface area contributed by atoms with Crippen LogP contribution in [-0.2, 0) is 25.2 Å². The minimum absolute atomic E-state index is 0.202. The van der Waals surface area contributed by atoms with E-state index in [1.807, 2.05) is 24.3 Å². The topological polar surface area (TPSA) is 154 Å². The Bertz CT molecular complexity index is 1510. The van der Waals surface area contributed by atoms with E-state index in [1.54, 1.807) is 30.3 Å². The highest BCUT2D eigenvalue weighted by Gasteiger charge is 2.76. The van der Waals surface area contributed by atoms with Gasteiger partial charge in [-0.05, 0) is 23.3 Å². The molecule has 1 aliphatic carbocycles. The van der Waals surface area contributed by atoms with Crippen molar-refractivity contribution < 1.29 is 27.4 Å². The Hall–Kier alpha value is -3.80. The number of anilines is 1. The number of imide groups is 2. The van der Waals surface area contributed by atoms with Crippen molar-refractivity contribution in [3.63, 3.8) is 0 Å². The number of carbonyl (C=O) groups excluding carboxylic acids is 3. The molecule has 1 spiro atoms. The molecule has 5 N–H and O–H groups in total. The van der Waals surface area contributed by atoms with Crippen molar-refractivity contribution in [1.29, 1.82) is 0 Å². The van der Waals surface area contributed by atoms with Crippen molar-refractivity contribution in [2.24, 2.45) is 11.8 Å². The standard InChI is InChI=1S/C23H18N4O6S/c28-20-17-18(21(29)26-22(30)25-20)23(17)14-8-2-1-5-13(14)19(27-23)24-15-9-3-7-12-11(15)6-4-10-16(12)34(31,32)33/h1-10,17-19,24,27H,(H,31,32,33)(H2,25,26,28,29,30). The van der Waals surface area contributed by atoms with Crippen molar-refractivity contribution in [2.45, 2.75) is 16.6 Å². The molecule has 0 bridgehead atoms. The number of amides is 4. The first kappa shape index (κ1) is 20.8. The van der Waals surface area contributed by atoms with Crippen molar-refractivity contribution >= 4 is 44.4 Å². The van der Waals surface area contributed by atoms with Crippen LogP contribution in [0.5, 0.6) is 0 Å². The molecule has 10 nitrogen and oxygen atoms in total. The Balaban J connectivity index is 1.42. The molecule has 4 amide bonds. The number of hydrogen-bond acceptors (Lipinski definition) is 7. The number of carbonyl (C=O) groups is 3. The summed E-state index contributed by atoms with van der Waals surface area (Å²) in [6.07, 6.45) is -0.514. The molecule has 0 aromatic heterocycles. The number of benzene rings is 3. The zero-order valence-electron chi connectivity index (χ0n) is 17.4. The zero-order chi connectivity index (χ0) is 23.8. The van der Waals surface area contributed by atoms with E-state index in [0.717, 1.165) is 11.1 Å². The summed E-state index contributed by atoms with van der Waals surface area (Å²) in [5.74, 6) is -2.57. The average Bonchev–Trinajstić information content (AvgIpc) is 3.39. The molecule has 0 radical (unpaired) electrons. The van der Waals surface area contributed by atoms with Gasteiger partial charge in [0.2, 0.25) is 11.8 Å². The van der Waals surface area contributed by atoms with E-state index in [9.17, 15) is 27.4 Å². The van der Waals surface area contributed by atoms with Crippen LogP contribution in [-0.4, -0.2) is 30.8 Å². The van der Waals surface area contributed by atoms with Crippen LogP contribution >= 0.6 is 0 Å². The van der Waals surface area contributed by atoms with Crippen LogP contribution in [0.1, 0.15) is 17.3 Å². The second kappa shape index (κ2) is 6.86. The maximum Gasteiger partial charge on any atom is 0.328 e. The van der Waals surface area contributed by atoms with E-state index in [-0.39, 0.29) is 4.90 Å². The van der Waals surface area contributed by atoms with E-state index in [1.165, 1.54) is 6.07 Å². The summed E-state index contributed by atoms with van der Waals surface area (Å²) in [7, 11) is -4.43. The summed E-state index contributed by atoms with van der Waals surface area (Å²) in [5.41, 5.74) is 1.22. The third-order valence-corrected chi connectivity index (χ3v) is 7.72. The molecule has 3 unspecified atom stereocenters. The lowest BCUT2D eigenvalue weighted by Gasteiger charge is -2.20. The van der Waals surface area contributed by atoms with E-state index in [4.69, 9.17) is 0 Å². The molecule has 2 heterocycles. The molecule has 3 aromatic rings. The van der Waals surface area contributed by atoms with Gasteiger partial charge in [-0.3, -0.25) is 30.1 Å². The second-order valence-corrected chi connectivity index (χ2v) is 9.96. The molecule has 6 rings (SSSR count). The van der Waals surface area contributed by atoms with Gasteiger partial charge in [-0.25, -0.2) is 4.79 Å². The van der Waals surface area contributed by atoms with Crippen molar-refractivity contribution in [3.05, 3.63) is 71.8 Å². The Morgan fingerprint density at radius 3 is 2.18 bits per heavy atom. The van der Waals surface area contributed by atoms with Crippen LogP contribution in [0.4, 0.5) is 10.5 Å². The van der Waals surface area contributed by atoms with Gasteiger partial charge in [-0.2, -0.15) is 8.42 Å². The minimum Gasteiger partial charge on any atom is -0.365 e. The molecule has 11 heteroatoms. The lowest BCUT2D eigenvalue weighted by molar-refractivity contribution is -0.124. The number of fused-ring (bicyclic) bond motifs is 6. The fraction of sp³-hybridized carbons (Fsp3) is 0.174. The monoisotopic (exact) mass is 478 g/mol. The molecule has 1 saturated heterocycles. The molecular formula is C23H18N4O6S. The third kappa shape index (κ3) is 2.81. The van der Waals surface area contributed by atoms with Gasteiger partial charge in [-0.15, -0.1) is 0 Å². The minimum atomic E-state index is -4.43. The first-order chi connectivity index (χ1) is 16.2. The number of hydrogen-bond donors (Lipinski definition) is 5. The fourth-order valence-electron chi connectivity index (χ4n) is 5.45. The lowest BCUT2D eigenvalue weighted by Crippen LogP contribution is -2.45. The zero-order valence-corrected chi connectivity index (χ0v) is 18.2. The maximum atomic E-state index is 12.7. The highest BCUT2D eigenvalue weighted by atomic mass is 32.2. The Morgan fingerprint density at radius 1 is 0.824 bits per heavy atom. The maximum absolute atomic E-state index is 12.7. The second-order valence-electron chi connectivity index (χ2n) is 8.57. The molecule has 2 fully saturated rings. The molecule has 3 atom stereocenters. The Morgan fingerprint density at radius 2 is 1.47 bits per heavy atom. The number of nitrogens with one attached hydrogen (secondary N) is 4. The summed E-state index contributed by atoms with van der Waals surface area (Å²) < 4.78 is 33.3.